The zero-order chi connectivity index (χ0) is 7.82. The molecule has 0 aromatic heterocycles. The van der Waals surface area contributed by atoms with Gasteiger partial charge in [0.05, 0.1) is 0 Å². The molecule has 62 valence electrons. The Balaban J connectivity index is 3.21. The maximum absolute atomic E-state index is 5.41. The molecule has 0 rings (SSSR count). The standard InChI is InChI=1S/C7H19N3/c1-3-9-7-10(4-2)6-5-8/h9H,3-8H2,1-2H3. The van der Waals surface area contributed by atoms with Crippen molar-refractivity contribution in [2.45, 2.75) is 13.8 Å². The van der Waals surface area contributed by atoms with E-state index in [0.717, 1.165) is 32.8 Å². The van der Waals surface area contributed by atoms with Crippen LogP contribution < -0.4 is 11.1 Å². The molecular formula is C7H19N3. The van der Waals surface area contributed by atoms with Gasteiger partial charge in [-0.1, -0.05) is 13.8 Å². The third-order valence-corrected chi connectivity index (χ3v) is 1.48. The second-order valence-corrected chi connectivity index (χ2v) is 2.26. The van der Waals surface area contributed by atoms with Gasteiger partial charge >= 0.3 is 0 Å². The van der Waals surface area contributed by atoms with E-state index < -0.39 is 0 Å². The van der Waals surface area contributed by atoms with Crippen LogP contribution in [0.25, 0.3) is 0 Å². The molecule has 0 heterocycles. The smallest absolute Gasteiger partial charge is 0.0480 e. The number of nitrogens with two attached hydrogens (primary N) is 1. The van der Waals surface area contributed by atoms with E-state index in [1.807, 2.05) is 0 Å². The Kier molecular flexibility index (Phi) is 6.91. The Labute approximate surface area is 63.6 Å². The van der Waals surface area contributed by atoms with Gasteiger partial charge < -0.3 is 11.1 Å². The van der Waals surface area contributed by atoms with Gasteiger partial charge in [-0.2, -0.15) is 0 Å². The van der Waals surface area contributed by atoms with Crippen LogP contribution in [-0.2, 0) is 0 Å². The first kappa shape index (κ1) is 9.88. The summed E-state index contributed by atoms with van der Waals surface area (Å²) in [5, 5.41) is 3.25. The quantitative estimate of drug-likeness (QED) is 0.510. The molecule has 0 aromatic carbocycles. The topological polar surface area (TPSA) is 41.3 Å². The van der Waals surface area contributed by atoms with Gasteiger partial charge in [0, 0.05) is 19.8 Å². The molecule has 0 aliphatic heterocycles. The normalized spacial score (nSPS) is 10.8. The minimum atomic E-state index is 0.749. The molecule has 0 atom stereocenters. The minimum absolute atomic E-state index is 0.749. The van der Waals surface area contributed by atoms with Crippen LogP contribution in [0.15, 0.2) is 0 Å². The molecular weight excluding hydrogens is 126 g/mol. The predicted molar refractivity (Wildman–Crippen MR) is 44.8 cm³/mol. The van der Waals surface area contributed by atoms with Gasteiger partial charge in [0.2, 0.25) is 0 Å². The highest BCUT2D eigenvalue weighted by atomic mass is 15.2. The number of hydrogen-bond donors (Lipinski definition) is 2. The first-order chi connectivity index (χ1) is 4.85. The highest BCUT2D eigenvalue weighted by Crippen LogP contribution is 1.81. The molecule has 3 heteroatoms. The Morgan fingerprint density at radius 1 is 1.40 bits per heavy atom. The van der Waals surface area contributed by atoms with E-state index in [4.69, 9.17) is 5.73 Å². The fraction of sp³-hybridized carbons (Fsp3) is 1.00. The molecule has 0 saturated heterocycles. The minimum Gasteiger partial charge on any atom is -0.329 e. The van der Waals surface area contributed by atoms with Crippen molar-refractivity contribution in [2.24, 2.45) is 5.73 Å². The fourth-order valence-corrected chi connectivity index (χ4v) is 0.801. The van der Waals surface area contributed by atoms with Crippen molar-refractivity contribution in [3.63, 3.8) is 0 Å². The molecule has 0 aliphatic carbocycles. The molecule has 0 radical (unpaired) electrons. The van der Waals surface area contributed by atoms with E-state index in [2.05, 4.69) is 24.1 Å². The number of nitrogens with zero attached hydrogens (tertiary/aromatic N) is 1. The van der Waals surface area contributed by atoms with Crippen molar-refractivity contribution in [3.8, 4) is 0 Å². The number of nitrogens with one attached hydrogen (secondary N) is 1. The fourth-order valence-electron chi connectivity index (χ4n) is 0.801. The van der Waals surface area contributed by atoms with Crippen LogP contribution in [0.2, 0.25) is 0 Å². The van der Waals surface area contributed by atoms with Crippen LogP contribution in [0.3, 0.4) is 0 Å². The molecule has 3 nitrogen and oxygen atoms in total. The predicted octanol–water partition coefficient (Wildman–Crippen LogP) is -0.166. The first-order valence-corrected chi connectivity index (χ1v) is 3.98. The SMILES string of the molecule is CCNCN(CC)CCN. The molecule has 0 bridgehead atoms. The second kappa shape index (κ2) is 6.99. The summed E-state index contributed by atoms with van der Waals surface area (Å²) < 4.78 is 0. The Morgan fingerprint density at radius 3 is 2.50 bits per heavy atom. The van der Waals surface area contributed by atoms with Crippen LogP contribution in [0.1, 0.15) is 13.8 Å². The van der Waals surface area contributed by atoms with Crippen molar-refractivity contribution in [1.82, 2.24) is 10.2 Å². The lowest BCUT2D eigenvalue weighted by molar-refractivity contribution is 0.275. The average molecular weight is 145 g/mol. The van der Waals surface area contributed by atoms with Gasteiger partial charge in [-0.05, 0) is 13.1 Å². The van der Waals surface area contributed by atoms with Crippen LogP contribution in [-0.4, -0.2) is 37.7 Å². The molecule has 10 heavy (non-hydrogen) atoms. The summed E-state index contributed by atoms with van der Waals surface area (Å²) in [6, 6.07) is 0. The zero-order valence-corrected chi connectivity index (χ0v) is 7.06. The van der Waals surface area contributed by atoms with Crippen molar-refractivity contribution in [3.05, 3.63) is 0 Å². The molecule has 0 fully saturated rings. The van der Waals surface area contributed by atoms with Gasteiger partial charge in [-0.15, -0.1) is 0 Å². The van der Waals surface area contributed by atoms with Gasteiger partial charge in [-0.25, -0.2) is 0 Å². The monoisotopic (exact) mass is 145 g/mol. The lowest BCUT2D eigenvalue weighted by Gasteiger charge is -2.18. The van der Waals surface area contributed by atoms with Crippen LogP contribution in [0, 0.1) is 0 Å². The van der Waals surface area contributed by atoms with Gasteiger partial charge in [0.15, 0.2) is 0 Å². The number of hydrogen-bond acceptors (Lipinski definition) is 3. The summed E-state index contributed by atoms with van der Waals surface area (Å²) in [6.07, 6.45) is 0. The second-order valence-electron chi connectivity index (χ2n) is 2.26. The summed E-state index contributed by atoms with van der Waals surface area (Å²) in [5.41, 5.74) is 5.41. The van der Waals surface area contributed by atoms with Crippen LogP contribution in [0.4, 0.5) is 0 Å². The molecule has 0 saturated carbocycles. The largest absolute Gasteiger partial charge is 0.329 e. The number of rotatable bonds is 6. The molecule has 0 aromatic rings. The Hall–Kier alpha value is -0.120. The summed E-state index contributed by atoms with van der Waals surface area (Å²) >= 11 is 0. The van der Waals surface area contributed by atoms with Gasteiger partial charge in [0.25, 0.3) is 0 Å². The maximum atomic E-state index is 5.41. The van der Waals surface area contributed by atoms with Crippen LogP contribution >= 0.6 is 0 Å². The summed E-state index contributed by atoms with van der Waals surface area (Å²) in [5.74, 6) is 0. The van der Waals surface area contributed by atoms with Crippen molar-refractivity contribution >= 4 is 0 Å². The first-order valence-electron chi connectivity index (χ1n) is 3.98. The summed E-state index contributed by atoms with van der Waals surface area (Å²) in [7, 11) is 0. The maximum Gasteiger partial charge on any atom is 0.0480 e. The lowest BCUT2D eigenvalue weighted by Crippen LogP contribution is -2.37. The number of likely N-dealkylation sites (N-methyl/N-ethyl adjacent to an activating group) is 1. The van der Waals surface area contributed by atoms with E-state index in [9.17, 15) is 0 Å². The van der Waals surface area contributed by atoms with Gasteiger partial charge in [0.1, 0.15) is 0 Å². The Morgan fingerprint density at radius 2 is 2.10 bits per heavy atom. The van der Waals surface area contributed by atoms with Crippen molar-refractivity contribution < 1.29 is 0 Å². The van der Waals surface area contributed by atoms with E-state index >= 15 is 0 Å². The molecule has 0 amide bonds. The summed E-state index contributed by atoms with van der Waals surface area (Å²) in [6.45, 7) is 9.06. The third-order valence-electron chi connectivity index (χ3n) is 1.48. The van der Waals surface area contributed by atoms with Crippen molar-refractivity contribution in [1.29, 1.82) is 0 Å². The molecule has 0 aliphatic rings. The Bertz CT molecular complexity index is 65.9. The highest BCUT2D eigenvalue weighted by Gasteiger charge is 1.96. The lowest BCUT2D eigenvalue weighted by atomic mass is 10.5. The van der Waals surface area contributed by atoms with E-state index in [-0.39, 0.29) is 0 Å². The highest BCUT2D eigenvalue weighted by molar-refractivity contribution is 4.52. The van der Waals surface area contributed by atoms with Gasteiger partial charge in [-0.3, -0.25) is 4.90 Å². The van der Waals surface area contributed by atoms with Crippen molar-refractivity contribution in [2.75, 3.05) is 32.8 Å². The molecule has 0 unspecified atom stereocenters. The van der Waals surface area contributed by atoms with E-state index in [1.165, 1.54) is 0 Å². The van der Waals surface area contributed by atoms with E-state index in [1.54, 1.807) is 0 Å². The molecule has 3 N–H and O–H groups in total. The molecule has 0 spiro atoms. The summed E-state index contributed by atoms with van der Waals surface area (Å²) in [4.78, 5) is 2.28. The van der Waals surface area contributed by atoms with Crippen LogP contribution in [0.5, 0.6) is 0 Å². The average Bonchev–Trinajstić information content (AvgIpc) is 1.98. The van der Waals surface area contributed by atoms with E-state index in [0.29, 0.717) is 0 Å². The third kappa shape index (κ3) is 4.73. The zero-order valence-electron chi connectivity index (χ0n) is 7.06.